The lowest BCUT2D eigenvalue weighted by molar-refractivity contribution is 0.0514. The third-order valence-electron chi connectivity index (χ3n) is 6.28. The first-order valence-corrected chi connectivity index (χ1v) is 11.1. The van der Waals surface area contributed by atoms with Crippen LogP contribution in [0.15, 0.2) is 84.9 Å². The van der Waals surface area contributed by atoms with E-state index in [0.717, 1.165) is 49.0 Å². The summed E-state index contributed by atoms with van der Waals surface area (Å²) >= 11 is 0. The van der Waals surface area contributed by atoms with Crippen LogP contribution in [-0.2, 0) is 6.42 Å². The fraction of sp³-hybridized carbons (Fsp3) is 0.286. The molecule has 2 unspecified atom stereocenters. The van der Waals surface area contributed by atoms with Crippen molar-refractivity contribution in [3.63, 3.8) is 0 Å². The summed E-state index contributed by atoms with van der Waals surface area (Å²) in [6.45, 7) is 3.97. The van der Waals surface area contributed by atoms with Crippen molar-refractivity contribution in [2.24, 2.45) is 0 Å². The van der Waals surface area contributed by atoms with E-state index in [4.69, 9.17) is 0 Å². The summed E-state index contributed by atoms with van der Waals surface area (Å²) in [5, 5.41) is 11.1. The van der Waals surface area contributed by atoms with Crippen LogP contribution in [0.5, 0.6) is 0 Å². The summed E-state index contributed by atoms with van der Waals surface area (Å²) < 4.78 is 13.1. The average Bonchev–Trinajstić information content (AvgIpc) is 2.82. The van der Waals surface area contributed by atoms with Gasteiger partial charge in [0.1, 0.15) is 5.82 Å². The Labute approximate surface area is 184 Å². The van der Waals surface area contributed by atoms with Gasteiger partial charge in [0.2, 0.25) is 0 Å². The molecule has 3 aromatic carbocycles. The first-order chi connectivity index (χ1) is 15.1. The highest BCUT2D eigenvalue weighted by Crippen LogP contribution is 2.29. The molecular weight excluding hydrogens is 385 g/mol. The number of nitrogens with zero attached hydrogens (tertiary/aromatic N) is 1. The Morgan fingerprint density at radius 2 is 1.55 bits per heavy atom. The summed E-state index contributed by atoms with van der Waals surface area (Å²) in [6.07, 6.45) is 4.45. The van der Waals surface area contributed by atoms with Crippen LogP contribution >= 0.6 is 0 Å². The van der Waals surface area contributed by atoms with E-state index in [-0.39, 0.29) is 11.9 Å². The second-order valence-electron chi connectivity index (χ2n) is 8.31. The molecule has 31 heavy (non-hydrogen) atoms. The monoisotopic (exact) mass is 415 g/mol. The number of halogens is 1. The second-order valence-corrected chi connectivity index (χ2v) is 8.31. The maximum absolute atomic E-state index is 13.1. The molecule has 2 nitrogen and oxygen atoms in total. The highest BCUT2D eigenvalue weighted by Gasteiger charge is 2.27. The standard InChI is InChI=1S/C28H30FNO/c1-2-27(30-18-16-24(17-19-30)23-6-4-3-5-7-23)28(31)25-12-8-21(9-13-25)20-22-10-14-26(29)15-11-22/h3-16,27-28,31H,2,17-20H2,1H3. The van der Waals surface area contributed by atoms with Crippen LogP contribution in [0.25, 0.3) is 5.57 Å². The van der Waals surface area contributed by atoms with Crippen molar-refractivity contribution < 1.29 is 9.50 Å². The molecule has 0 aromatic heterocycles. The maximum Gasteiger partial charge on any atom is 0.123 e. The Balaban J connectivity index is 1.41. The molecule has 4 rings (SSSR count). The first kappa shape index (κ1) is 21.5. The topological polar surface area (TPSA) is 23.5 Å². The predicted octanol–water partition coefficient (Wildman–Crippen LogP) is 6.02. The summed E-state index contributed by atoms with van der Waals surface area (Å²) in [5.41, 5.74) is 5.88. The fourth-order valence-corrected chi connectivity index (χ4v) is 4.47. The van der Waals surface area contributed by atoms with E-state index in [9.17, 15) is 9.50 Å². The number of hydrogen-bond donors (Lipinski definition) is 1. The molecular formula is C28H30FNO. The van der Waals surface area contributed by atoms with Gasteiger partial charge in [-0.05, 0) is 59.2 Å². The zero-order chi connectivity index (χ0) is 21.6. The number of benzene rings is 3. The molecule has 1 heterocycles. The van der Waals surface area contributed by atoms with Gasteiger partial charge in [0.15, 0.2) is 0 Å². The average molecular weight is 416 g/mol. The largest absolute Gasteiger partial charge is 0.387 e. The summed E-state index contributed by atoms with van der Waals surface area (Å²) in [6, 6.07) is 25.5. The molecule has 3 aromatic rings. The van der Waals surface area contributed by atoms with Gasteiger partial charge in [-0.2, -0.15) is 0 Å². The fourth-order valence-electron chi connectivity index (χ4n) is 4.47. The van der Waals surface area contributed by atoms with E-state index in [1.165, 1.54) is 23.3 Å². The van der Waals surface area contributed by atoms with Gasteiger partial charge in [0, 0.05) is 19.1 Å². The number of aliphatic hydroxyl groups excluding tert-OH is 1. The molecule has 3 heteroatoms. The zero-order valence-electron chi connectivity index (χ0n) is 18.0. The molecule has 160 valence electrons. The van der Waals surface area contributed by atoms with Crippen molar-refractivity contribution in [1.82, 2.24) is 4.90 Å². The van der Waals surface area contributed by atoms with E-state index >= 15 is 0 Å². The minimum absolute atomic E-state index is 0.0940. The first-order valence-electron chi connectivity index (χ1n) is 11.1. The van der Waals surface area contributed by atoms with Gasteiger partial charge in [-0.15, -0.1) is 0 Å². The van der Waals surface area contributed by atoms with Crippen molar-refractivity contribution in [1.29, 1.82) is 0 Å². The van der Waals surface area contributed by atoms with Crippen molar-refractivity contribution in [3.05, 3.63) is 113 Å². The smallest absolute Gasteiger partial charge is 0.123 e. The van der Waals surface area contributed by atoms with Crippen LogP contribution in [0.1, 0.15) is 48.1 Å². The van der Waals surface area contributed by atoms with Crippen LogP contribution in [0, 0.1) is 5.82 Å². The van der Waals surface area contributed by atoms with Crippen LogP contribution in [0.2, 0.25) is 0 Å². The normalized spacial score (nSPS) is 16.5. The molecule has 0 fully saturated rings. The van der Waals surface area contributed by atoms with E-state index in [1.54, 1.807) is 0 Å². The Hall–Kier alpha value is -2.75. The highest BCUT2D eigenvalue weighted by molar-refractivity contribution is 5.66. The van der Waals surface area contributed by atoms with E-state index in [0.29, 0.717) is 0 Å². The van der Waals surface area contributed by atoms with E-state index < -0.39 is 6.10 Å². The van der Waals surface area contributed by atoms with E-state index in [1.807, 2.05) is 30.3 Å². The van der Waals surface area contributed by atoms with Crippen molar-refractivity contribution >= 4 is 5.57 Å². The molecule has 0 saturated carbocycles. The van der Waals surface area contributed by atoms with Crippen molar-refractivity contribution in [3.8, 4) is 0 Å². The second kappa shape index (κ2) is 10.0. The Morgan fingerprint density at radius 1 is 0.903 bits per heavy atom. The minimum atomic E-state index is -0.517. The van der Waals surface area contributed by atoms with Gasteiger partial charge in [-0.25, -0.2) is 4.39 Å². The third kappa shape index (κ3) is 5.30. The molecule has 1 aliphatic rings. The summed E-state index contributed by atoms with van der Waals surface area (Å²) in [4.78, 5) is 2.39. The number of hydrogen-bond acceptors (Lipinski definition) is 2. The Kier molecular flexibility index (Phi) is 6.96. The van der Waals surface area contributed by atoms with Crippen LogP contribution in [-0.4, -0.2) is 29.1 Å². The Morgan fingerprint density at radius 3 is 2.13 bits per heavy atom. The van der Waals surface area contributed by atoms with Gasteiger partial charge in [0.25, 0.3) is 0 Å². The Bertz CT molecular complexity index is 995. The van der Waals surface area contributed by atoms with Gasteiger partial charge in [0.05, 0.1) is 6.10 Å². The molecule has 0 saturated heterocycles. The minimum Gasteiger partial charge on any atom is -0.387 e. The molecule has 1 N–H and O–H groups in total. The summed E-state index contributed by atoms with van der Waals surface area (Å²) in [5.74, 6) is -0.212. The lowest BCUT2D eigenvalue weighted by atomic mass is 9.94. The molecule has 0 amide bonds. The third-order valence-corrected chi connectivity index (χ3v) is 6.28. The van der Waals surface area contributed by atoms with Gasteiger partial charge < -0.3 is 5.11 Å². The highest BCUT2D eigenvalue weighted by atomic mass is 19.1. The quantitative estimate of drug-likeness (QED) is 0.510. The molecule has 0 radical (unpaired) electrons. The molecule has 0 bridgehead atoms. The lowest BCUT2D eigenvalue weighted by Crippen LogP contribution is -2.41. The van der Waals surface area contributed by atoms with Gasteiger partial charge in [-0.1, -0.05) is 79.7 Å². The van der Waals surface area contributed by atoms with Gasteiger partial charge >= 0.3 is 0 Å². The number of rotatable bonds is 7. The maximum atomic E-state index is 13.1. The molecule has 0 aliphatic carbocycles. The van der Waals surface area contributed by atoms with Gasteiger partial charge in [-0.3, -0.25) is 4.90 Å². The predicted molar refractivity (Wildman–Crippen MR) is 125 cm³/mol. The van der Waals surface area contributed by atoms with Crippen LogP contribution in [0.3, 0.4) is 0 Å². The molecule has 1 aliphatic heterocycles. The summed E-state index contributed by atoms with van der Waals surface area (Å²) in [7, 11) is 0. The lowest BCUT2D eigenvalue weighted by Gasteiger charge is -2.36. The van der Waals surface area contributed by atoms with E-state index in [2.05, 4.69) is 54.3 Å². The van der Waals surface area contributed by atoms with Crippen LogP contribution < -0.4 is 0 Å². The molecule has 0 spiro atoms. The van der Waals surface area contributed by atoms with Crippen molar-refractivity contribution in [2.45, 2.75) is 38.3 Å². The molecule has 2 atom stereocenters. The van der Waals surface area contributed by atoms with Crippen molar-refractivity contribution in [2.75, 3.05) is 13.1 Å². The van der Waals surface area contributed by atoms with Crippen LogP contribution in [0.4, 0.5) is 4.39 Å². The number of aliphatic hydroxyl groups is 1. The zero-order valence-corrected chi connectivity index (χ0v) is 18.0. The SMILES string of the molecule is CCC(C(O)c1ccc(Cc2ccc(F)cc2)cc1)N1CC=C(c2ccccc2)CC1.